The van der Waals surface area contributed by atoms with Gasteiger partial charge in [0.25, 0.3) is 0 Å². The first-order valence-corrected chi connectivity index (χ1v) is 5.77. The van der Waals surface area contributed by atoms with Crippen molar-refractivity contribution in [2.45, 2.75) is 11.3 Å². The van der Waals surface area contributed by atoms with Crippen LogP contribution in [0.4, 0.5) is 0 Å². The SMILES string of the molecule is CS(=O)(=O)c1cccc(CC(=O)[O-])c1. The fourth-order valence-electron chi connectivity index (χ4n) is 1.05. The first kappa shape index (κ1) is 10.7. The minimum Gasteiger partial charge on any atom is -0.550 e. The van der Waals surface area contributed by atoms with Gasteiger partial charge in [0.15, 0.2) is 9.84 Å². The highest BCUT2D eigenvalue weighted by molar-refractivity contribution is 7.90. The smallest absolute Gasteiger partial charge is 0.175 e. The van der Waals surface area contributed by atoms with Crippen LogP contribution in [0.2, 0.25) is 0 Å². The van der Waals surface area contributed by atoms with Crippen LogP contribution >= 0.6 is 0 Å². The molecular weight excluding hydrogens is 204 g/mol. The summed E-state index contributed by atoms with van der Waals surface area (Å²) in [6, 6.07) is 5.82. The second-order valence-corrected chi connectivity index (χ2v) is 4.98. The van der Waals surface area contributed by atoms with Crippen molar-refractivity contribution in [3.05, 3.63) is 29.8 Å². The van der Waals surface area contributed by atoms with Crippen molar-refractivity contribution in [2.75, 3.05) is 6.26 Å². The van der Waals surface area contributed by atoms with Gasteiger partial charge in [-0.15, -0.1) is 0 Å². The molecule has 0 saturated heterocycles. The van der Waals surface area contributed by atoms with E-state index in [-0.39, 0.29) is 11.3 Å². The molecule has 0 aliphatic carbocycles. The number of hydrogen-bond acceptors (Lipinski definition) is 4. The van der Waals surface area contributed by atoms with Gasteiger partial charge in [-0.1, -0.05) is 12.1 Å². The summed E-state index contributed by atoms with van der Waals surface area (Å²) in [5, 5.41) is 10.3. The third-order valence-electron chi connectivity index (χ3n) is 1.68. The Morgan fingerprint density at radius 1 is 1.43 bits per heavy atom. The van der Waals surface area contributed by atoms with Crippen molar-refractivity contribution in [3.8, 4) is 0 Å². The second kappa shape index (κ2) is 3.79. The molecule has 0 N–H and O–H groups in total. The lowest BCUT2D eigenvalue weighted by atomic mass is 10.2. The van der Waals surface area contributed by atoms with Crippen LogP contribution in [0.1, 0.15) is 5.56 Å². The third kappa shape index (κ3) is 2.85. The molecule has 0 bridgehead atoms. The summed E-state index contributed by atoms with van der Waals surface area (Å²) < 4.78 is 22.2. The van der Waals surface area contributed by atoms with Crippen molar-refractivity contribution in [1.82, 2.24) is 0 Å². The first-order valence-electron chi connectivity index (χ1n) is 3.88. The standard InChI is InChI=1S/C9H10O4S/c1-14(12,13)8-4-2-3-7(5-8)6-9(10)11/h2-5H,6H2,1H3,(H,10,11)/p-1. The van der Waals surface area contributed by atoms with Gasteiger partial charge in [0, 0.05) is 18.6 Å². The van der Waals surface area contributed by atoms with Gasteiger partial charge in [-0.05, 0) is 17.7 Å². The van der Waals surface area contributed by atoms with Crippen molar-refractivity contribution in [3.63, 3.8) is 0 Å². The molecular formula is C9H9O4S-. The molecule has 0 unspecified atom stereocenters. The molecule has 76 valence electrons. The van der Waals surface area contributed by atoms with E-state index in [4.69, 9.17) is 0 Å². The Bertz CT molecular complexity index is 448. The molecule has 1 rings (SSSR count). The monoisotopic (exact) mass is 213 g/mol. The van der Waals surface area contributed by atoms with Gasteiger partial charge < -0.3 is 9.90 Å². The molecule has 1 aromatic rings. The number of carbonyl (C=O) groups is 1. The van der Waals surface area contributed by atoms with Crippen molar-refractivity contribution >= 4 is 15.8 Å². The zero-order valence-corrected chi connectivity index (χ0v) is 8.37. The summed E-state index contributed by atoms with van der Waals surface area (Å²) in [6.45, 7) is 0. The van der Waals surface area contributed by atoms with Gasteiger partial charge in [-0.2, -0.15) is 0 Å². The molecule has 0 aliphatic rings. The quantitative estimate of drug-likeness (QED) is 0.670. The highest BCUT2D eigenvalue weighted by atomic mass is 32.2. The number of aliphatic carboxylic acids is 1. The minimum atomic E-state index is -3.27. The largest absolute Gasteiger partial charge is 0.550 e. The molecule has 0 atom stereocenters. The van der Waals surface area contributed by atoms with Crippen LogP contribution in [-0.2, 0) is 21.1 Å². The highest BCUT2D eigenvalue weighted by Gasteiger charge is 2.06. The van der Waals surface area contributed by atoms with Gasteiger partial charge >= 0.3 is 0 Å². The predicted molar refractivity (Wildman–Crippen MR) is 48.3 cm³/mol. The van der Waals surface area contributed by atoms with E-state index >= 15 is 0 Å². The Balaban J connectivity index is 3.08. The van der Waals surface area contributed by atoms with E-state index in [9.17, 15) is 18.3 Å². The molecule has 0 heterocycles. The van der Waals surface area contributed by atoms with E-state index in [2.05, 4.69) is 0 Å². The number of hydrogen-bond donors (Lipinski definition) is 0. The molecule has 0 fully saturated rings. The van der Waals surface area contributed by atoms with Crippen molar-refractivity contribution < 1.29 is 18.3 Å². The summed E-state index contributed by atoms with van der Waals surface area (Å²) in [4.78, 5) is 10.4. The van der Waals surface area contributed by atoms with E-state index in [1.807, 2.05) is 0 Å². The Labute approximate surface area is 82.1 Å². The number of carboxylic acid groups (broad SMARTS) is 1. The third-order valence-corrected chi connectivity index (χ3v) is 2.79. The number of rotatable bonds is 3. The van der Waals surface area contributed by atoms with Crippen LogP contribution < -0.4 is 5.11 Å². The molecule has 0 spiro atoms. The van der Waals surface area contributed by atoms with E-state index in [0.717, 1.165) is 6.26 Å². The Morgan fingerprint density at radius 3 is 2.57 bits per heavy atom. The van der Waals surface area contributed by atoms with E-state index < -0.39 is 15.8 Å². The van der Waals surface area contributed by atoms with Gasteiger partial charge in [0.1, 0.15) is 0 Å². The van der Waals surface area contributed by atoms with Crippen LogP contribution in [0.25, 0.3) is 0 Å². The molecule has 4 nitrogen and oxygen atoms in total. The van der Waals surface area contributed by atoms with Gasteiger partial charge in [-0.3, -0.25) is 0 Å². The van der Waals surface area contributed by atoms with Crippen LogP contribution in [0.15, 0.2) is 29.2 Å². The number of carbonyl (C=O) groups excluding carboxylic acids is 1. The number of carboxylic acids is 1. The van der Waals surface area contributed by atoms with Gasteiger partial charge in [0.2, 0.25) is 0 Å². The van der Waals surface area contributed by atoms with Crippen molar-refractivity contribution in [2.24, 2.45) is 0 Å². The molecule has 0 radical (unpaired) electrons. The summed E-state index contributed by atoms with van der Waals surface area (Å²) >= 11 is 0. The highest BCUT2D eigenvalue weighted by Crippen LogP contribution is 2.11. The van der Waals surface area contributed by atoms with Crippen molar-refractivity contribution in [1.29, 1.82) is 0 Å². The fraction of sp³-hybridized carbons (Fsp3) is 0.222. The zero-order chi connectivity index (χ0) is 10.8. The Kier molecular flexibility index (Phi) is 2.90. The molecule has 0 aliphatic heterocycles. The average molecular weight is 213 g/mol. The fourth-order valence-corrected chi connectivity index (χ4v) is 1.74. The molecule has 0 saturated carbocycles. The topological polar surface area (TPSA) is 74.3 Å². The zero-order valence-electron chi connectivity index (χ0n) is 7.56. The summed E-state index contributed by atoms with van der Waals surface area (Å²) in [6.07, 6.45) is 0.800. The van der Waals surface area contributed by atoms with Gasteiger partial charge in [0.05, 0.1) is 4.90 Å². The second-order valence-electron chi connectivity index (χ2n) is 2.97. The molecule has 0 aromatic heterocycles. The normalized spacial score (nSPS) is 11.2. The molecule has 0 amide bonds. The lowest BCUT2D eigenvalue weighted by Crippen LogP contribution is -2.24. The first-order chi connectivity index (χ1) is 6.39. The van der Waals surface area contributed by atoms with Gasteiger partial charge in [-0.25, -0.2) is 8.42 Å². The summed E-state index contributed by atoms with van der Waals surface area (Å²) in [5.74, 6) is -1.23. The Hall–Kier alpha value is -1.36. The molecule has 5 heteroatoms. The maximum absolute atomic E-state index is 11.1. The van der Waals surface area contributed by atoms with E-state index in [0.29, 0.717) is 5.56 Å². The van der Waals surface area contributed by atoms with Crippen LogP contribution in [0, 0.1) is 0 Å². The lowest BCUT2D eigenvalue weighted by molar-refractivity contribution is -0.304. The van der Waals surface area contributed by atoms with E-state index in [1.54, 1.807) is 6.07 Å². The summed E-state index contributed by atoms with van der Waals surface area (Å²) in [7, 11) is -3.27. The minimum absolute atomic E-state index is 0.122. The predicted octanol–water partition coefficient (Wildman–Crippen LogP) is -0.618. The summed E-state index contributed by atoms with van der Waals surface area (Å²) in [5.41, 5.74) is 0.424. The lowest BCUT2D eigenvalue weighted by Gasteiger charge is -2.04. The maximum atomic E-state index is 11.1. The molecule has 14 heavy (non-hydrogen) atoms. The van der Waals surface area contributed by atoms with Crippen LogP contribution in [0.3, 0.4) is 0 Å². The Morgan fingerprint density at radius 2 is 2.07 bits per heavy atom. The average Bonchev–Trinajstić information content (AvgIpc) is 2.01. The number of sulfone groups is 1. The maximum Gasteiger partial charge on any atom is 0.175 e. The van der Waals surface area contributed by atoms with Crippen LogP contribution in [0.5, 0.6) is 0 Å². The van der Waals surface area contributed by atoms with Crippen LogP contribution in [-0.4, -0.2) is 20.6 Å². The number of benzene rings is 1. The molecule has 1 aromatic carbocycles. The van der Waals surface area contributed by atoms with E-state index in [1.165, 1.54) is 18.2 Å².